The Hall–Kier alpha value is -2.99. The summed E-state index contributed by atoms with van der Waals surface area (Å²) in [7, 11) is 0. The molecular weight excluding hydrogens is 356 g/mol. The van der Waals surface area contributed by atoms with Gasteiger partial charge in [0.2, 0.25) is 0 Å². The van der Waals surface area contributed by atoms with Crippen molar-refractivity contribution in [2.75, 3.05) is 11.9 Å². The number of hydrogen-bond acceptors (Lipinski definition) is 9. The second-order valence-corrected chi connectivity index (χ2v) is 5.98. The van der Waals surface area contributed by atoms with Gasteiger partial charge in [0.25, 0.3) is 5.91 Å². The number of carbonyl (C=O) groups excluding carboxylic acids is 1. The van der Waals surface area contributed by atoms with E-state index in [1.807, 2.05) is 0 Å². The fourth-order valence-electron chi connectivity index (χ4n) is 2.88. The number of aromatic nitrogens is 5. The van der Waals surface area contributed by atoms with Crippen molar-refractivity contribution in [1.82, 2.24) is 25.0 Å². The predicted molar refractivity (Wildman–Crippen MR) is 90.5 cm³/mol. The molecule has 3 heterocycles. The first-order valence-electron chi connectivity index (χ1n) is 8.15. The molecular formula is C16H16N6O5. The number of nitrogens with one attached hydrogen (secondary N) is 1. The SMILES string of the molecule is O=C(Nc1ncnc2c1nnn2[C@@H]1O[C@H](CO)[C@@H](O)[C@H]1O)c1ccccc1. The lowest BCUT2D eigenvalue weighted by Crippen LogP contribution is -2.33. The quantitative estimate of drug-likeness (QED) is 0.455. The lowest BCUT2D eigenvalue weighted by molar-refractivity contribution is -0.0574. The zero-order valence-corrected chi connectivity index (χ0v) is 13.9. The molecule has 11 heteroatoms. The second-order valence-electron chi connectivity index (χ2n) is 5.98. The Morgan fingerprint density at radius 3 is 2.67 bits per heavy atom. The topological polar surface area (TPSA) is 156 Å². The van der Waals surface area contributed by atoms with Gasteiger partial charge in [-0.05, 0) is 12.1 Å². The molecule has 2 aromatic heterocycles. The van der Waals surface area contributed by atoms with E-state index in [1.165, 1.54) is 11.0 Å². The van der Waals surface area contributed by atoms with Crippen LogP contribution in [0.5, 0.6) is 0 Å². The van der Waals surface area contributed by atoms with Crippen molar-refractivity contribution >= 4 is 22.9 Å². The van der Waals surface area contributed by atoms with Crippen molar-refractivity contribution in [2.45, 2.75) is 24.5 Å². The van der Waals surface area contributed by atoms with E-state index in [-0.39, 0.29) is 22.9 Å². The van der Waals surface area contributed by atoms with Crippen LogP contribution in [0.3, 0.4) is 0 Å². The van der Waals surface area contributed by atoms with Crippen LogP contribution in [0.15, 0.2) is 36.7 Å². The molecule has 0 unspecified atom stereocenters. The largest absolute Gasteiger partial charge is 0.394 e. The van der Waals surface area contributed by atoms with Crippen LogP contribution in [0.4, 0.5) is 5.82 Å². The third-order valence-electron chi connectivity index (χ3n) is 4.29. The highest BCUT2D eigenvalue weighted by atomic mass is 16.6. The molecule has 1 saturated heterocycles. The number of benzene rings is 1. The van der Waals surface area contributed by atoms with Crippen molar-refractivity contribution in [3.05, 3.63) is 42.2 Å². The van der Waals surface area contributed by atoms with Crippen LogP contribution in [0.2, 0.25) is 0 Å². The Morgan fingerprint density at radius 2 is 1.96 bits per heavy atom. The molecule has 1 aromatic carbocycles. The summed E-state index contributed by atoms with van der Waals surface area (Å²) in [5.41, 5.74) is 0.836. The van der Waals surface area contributed by atoms with Crippen LogP contribution in [0.1, 0.15) is 16.6 Å². The van der Waals surface area contributed by atoms with Gasteiger partial charge in [0.15, 0.2) is 23.2 Å². The standard InChI is InChI=1S/C16H16N6O5/c23-6-9-11(24)12(25)16(27-9)22-14-10(20-21-22)13(17-7-18-14)19-15(26)8-4-2-1-3-5-8/h1-5,7,9,11-12,16,23-25H,6H2,(H,17,18,19,26)/t9-,11-,12-,16-/m1/s1. The zero-order valence-electron chi connectivity index (χ0n) is 13.9. The minimum absolute atomic E-state index is 0.145. The summed E-state index contributed by atoms with van der Waals surface area (Å²) in [5, 5.41) is 39.8. The van der Waals surface area contributed by atoms with Crippen molar-refractivity contribution in [3.63, 3.8) is 0 Å². The summed E-state index contributed by atoms with van der Waals surface area (Å²) in [6, 6.07) is 8.59. The number of rotatable bonds is 4. The van der Waals surface area contributed by atoms with Gasteiger partial charge in [-0.25, -0.2) is 9.97 Å². The van der Waals surface area contributed by atoms with E-state index in [9.17, 15) is 20.1 Å². The molecule has 0 aliphatic carbocycles. The molecule has 1 aliphatic rings. The lowest BCUT2D eigenvalue weighted by Gasteiger charge is -2.14. The molecule has 4 atom stereocenters. The van der Waals surface area contributed by atoms with Gasteiger partial charge < -0.3 is 25.4 Å². The minimum Gasteiger partial charge on any atom is -0.394 e. The zero-order chi connectivity index (χ0) is 19.0. The first-order chi connectivity index (χ1) is 13.1. The van der Waals surface area contributed by atoms with E-state index in [4.69, 9.17) is 4.74 Å². The number of amides is 1. The monoisotopic (exact) mass is 372 g/mol. The number of nitrogens with zero attached hydrogens (tertiary/aromatic N) is 5. The van der Waals surface area contributed by atoms with Crippen molar-refractivity contribution in [3.8, 4) is 0 Å². The molecule has 0 saturated carbocycles. The van der Waals surface area contributed by atoms with Crippen LogP contribution in [-0.2, 0) is 4.74 Å². The molecule has 1 aliphatic heterocycles. The Bertz CT molecular complexity index is 964. The van der Waals surface area contributed by atoms with Crippen LogP contribution < -0.4 is 5.32 Å². The van der Waals surface area contributed by atoms with Gasteiger partial charge in [0.05, 0.1) is 6.61 Å². The van der Waals surface area contributed by atoms with Crippen LogP contribution in [0.25, 0.3) is 11.2 Å². The van der Waals surface area contributed by atoms with Crippen molar-refractivity contribution in [1.29, 1.82) is 0 Å². The van der Waals surface area contributed by atoms with Crippen molar-refractivity contribution in [2.24, 2.45) is 0 Å². The Balaban J connectivity index is 1.65. The first-order valence-corrected chi connectivity index (χ1v) is 8.15. The third kappa shape index (κ3) is 3.02. The summed E-state index contributed by atoms with van der Waals surface area (Å²) in [5.74, 6) is -0.232. The molecule has 4 rings (SSSR count). The summed E-state index contributed by atoms with van der Waals surface area (Å²) in [6.45, 7) is -0.464. The van der Waals surface area contributed by atoms with Gasteiger partial charge in [0.1, 0.15) is 24.6 Å². The van der Waals surface area contributed by atoms with Crippen LogP contribution in [0, 0.1) is 0 Å². The number of aliphatic hydroxyl groups is 3. The van der Waals surface area contributed by atoms with Crippen molar-refractivity contribution < 1.29 is 24.9 Å². The van der Waals surface area contributed by atoms with Gasteiger partial charge in [-0.15, -0.1) is 5.10 Å². The lowest BCUT2D eigenvalue weighted by atomic mass is 10.1. The number of aliphatic hydroxyl groups excluding tert-OH is 3. The Labute approximate surface area is 152 Å². The molecule has 27 heavy (non-hydrogen) atoms. The van der Waals surface area contributed by atoms with E-state index >= 15 is 0 Å². The number of hydrogen-bond donors (Lipinski definition) is 4. The molecule has 1 fully saturated rings. The van der Waals surface area contributed by atoms with Gasteiger partial charge in [-0.2, -0.15) is 4.68 Å². The fraction of sp³-hybridized carbons (Fsp3) is 0.312. The fourth-order valence-corrected chi connectivity index (χ4v) is 2.88. The first kappa shape index (κ1) is 17.4. The maximum Gasteiger partial charge on any atom is 0.256 e. The molecule has 3 aromatic rings. The highest BCUT2D eigenvalue weighted by Crippen LogP contribution is 2.31. The van der Waals surface area contributed by atoms with E-state index in [0.29, 0.717) is 5.56 Å². The molecule has 140 valence electrons. The molecule has 4 N–H and O–H groups in total. The minimum atomic E-state index is -1.33. The summed E-state index contributed by atoms with van der Waals surface area (Å²) >= 11 is 0. The van der Waals surface area contributed by atoms with Crippen LogP contribution in [-0.4, -0.2) is 71.1 Å². The molecule has 11 nitrogen and oxygen atoms in total. The summed E-state index contributed by atoms with van der Waals surface area (Å²) in [6.07, 6.45) is -3.44. The predicted octanol–water partition coefficient (Wildman–Crippen LogP) is -0.915. The molecule has 0 spiro atoms. The maximum atomic E-state index is 12.3. The Morgan fingerprint density at radius 1 is 1.19 bits per heavy atom. The van der Waals surface area contributed by atoms with E-state index in [0.717, 1.165) is 0 Å². The Kier molecular flexibility index (Phi) is 4.49. The number of carbonyl (C=O) groups is 1. The molecule has 1 amide bonds. The summed E-state index contributed by atoms with van der Waals surface area (Å²) in [4.78, 5) is 20.4. The van der Waals surface area contributed by atoms with E-state index in [1.54, 1.807) is 30.3 Å². The van der Waals surface area contributed by atoms with Gasteiger partial charge in [-0.1, -0.05) is 23.4 Å². The molecule has 0 radical (unpaired) electrons. The highest BCUT2D eigenvalue weighted by Gasteiger charge is 2.44. The highest BCUT2D eigenvalue weighted by molar-refractivity contribution is 6.06. The van der Waals surface area contributed by atoms with E-state index in [2.05, 4.69) is 25.6 Å². The summed E-state index contributed by atoms with van der Waals surface area (Å²) < 4.78 is 6.62. The van der Waals surface area contributed by atoms with Gasteiger partial charge in [0, 0.05) is 5.56 Å². The molecule has 0 bridgehead atoms. The number of fused-ring (bicyclic) bond motifs is 1. The van der Waals surface area contributed by atoms with Gasteiger partial charge in [-0.3, -0.25) is 4.79 Å². The van der Waals surface area contributed by atoms with Gasteiger partial charge >= 0.3 is 0 Å². The number of anilines is 1. The second kappa shape index (κ2) is 6.96. The maximum absolute atomic E-state index is 12.3. The normalized spacial score (nSPS) is 25.0. The average molecular weight is 372 g/mol. The van der Waals surface area contributed by atoms with Crippen LogP contribution >= 0.6 is 0 Å². The van der Waals surface area contributed by atoms with E-state index < -0.39 is 31.1 Å². The number of ether oxygens (including phenoxy) is 1. The smallest absolute Gasteiger partial charge is 0.256 e. The third-order valence-corrected chi connectivity index (χ3v) is 4.29. The average Bonchev–Trinajstić information content (AvgIpc) is 3.25.